The summed E-state index contributed by atoms with van der Waals surface area (Å²) in [5.41, 5.74) is 0. The smallest absolute Gasteiger partial charge is 0.178 e. The van der Waals surface area contributed by atoms with Crippen LogP contribution in [0.1, 0.15) is 39.5 Å². The Morgan fingerprint density at radius 1 is 0.952 bits per heavy atom. The highest BCUT2D eigenvalue weighted by Gasteiger charge is 2.49. The van der Waals surface area contributed by atoms with Crippen molar-refractivity contribution < 1.29 is 14.3 Å². The zero-order valence-corrected chi connectivity index (χ0v) is 12.9. The van der Waals surface area contributed by atoms with Crippen molar-refractivity contribution in [3.63, 3.8) is 0 Å². The van der Waals surface area contributed by atoms with Gasteiger partial charge in [0.1, 0.15) is 6.10 Å². The van der Waals surface area contributed by atoms with E-state index in [9.17, 15) is 9.59 Å². The summed E-state index contributed by atoms with van der Waals surface area (Å²) in [6.45, 7) is 5.75. The van der Waals surface area contributed by atoms with E-state index in [2.05, 4.69) is 10.6 Å². The summed E-state index contributed by atoms with van der Waals surface area (Å²) < 4.78 is 5.90. The third-order valence-electron chi connectivity index (χ3n) is 5.33. The summed E-state index contributed by atoms with van der Waals surface area (Å²) in [4.78, 5) is 25.3. The lowest BCUT2D eigenvalue weighted by molar-refractivity contribution is -0.133. The molecule has 0 radical (unpaired) electrons. The Morgan fingerprint density at radius 2 is 1.52 bits per heavy atom. The Morgan fingerprint density at radius 3 is 2.05 bits per heavy atom. The molecular formula is C16H26N2O3. The van der Waals surface area contributed by atoms with Crippen molar-refractivity contribution in [1.29, 1.82) is 0 Å². The first-order chi connectivity index (χ1) is 10.1. The number of ketones is 2. The number of carbonyl (C=O) groups excluding carboxylic acids is 2. The molecule has 0 saturated carbocycles. The van der Waals surface area contributed by atoms with E-state index in [-0.39, 0.29) is 41.6 Å². The molecular weight excluding hydrogens is 268 g/mol. The molecule has 4 unspecified atom stereocenters. The van der Waals surface area contributed by atoms with Gasteiger partial charge in [-0.1, -0.05) is 6.92 Å². The molecule has 0 aromatic heterocycles. The molecule has 3 aliphatic rings. The second-order valence-electron chi connectivity index (χ2n) is 6.75. The van der Waals surface area contributed by atoms with Gasteiger partial charge in [-0.2, -0.15) is 0 Å². The molecule has 3 fully saturated rings. The van der Waals surface area contributed by atoms with Crippen molar-refractivity contribution in [2.45, 2.75) is 63.8 Å². The van der Waals surface area contributed by atoms with Crippen molar-refractivity contribution in [2.24, 2.45) is 11.8 Å². The number of hydrogen-bond acceptors (Lipinski definition) is 5. The maximum atomic E-state index is 12.7. The van der Waals surface area contributed by atoms with E-state index in [1.807, 2.05) is 13.8 Å². The lowest BCUT2D eigenvalue weighted by Gasteiger charge is -2.22. The summed E-state index contributed by atoms with van der Waals surface area (Å²) in [6.07, 6.45) is 3.32. The number of Topliss-reactive ketones (excluding diaryl/α,β-unsaturated/α-hetero) is 2. The van der Waals surface area contributed by atoms with Gasteiger partial charge in [0.25, 0.3) is 0 Å². The van der Waals surface area contributed by atoms with Gasteiger partial charge in [0, 0.05) is 5.92 Å². The lowest BCUT2D eigenvalue weighted by Crippen LogP contribution is -2.43. The molecule has 5 heteroatoms. The second kappa shape index (κ2) is 6.15. The fraction of sp³-hybridized carbons (Fsp3) is 0.875. The summed E-state index contributed by atoms with van der Waals surface area (Å²) in [6, 6.07) is -0.120. The van der Waals surface area contributed by atoms with Crippen LogP contribution >= 0.6 is 0 Å². The van der Waals surface area contributed by atoms with Crippen LogP contribution in [0.2, 0.25) is 0 Å². The summed E-state index contributed by atoms with van der Waals surface area (Å²) in [5, 5.41) is 6.51. The van der Waals surface area contributed by atoms with Crippen molar-refractivity contribution in [3.8, 4) is 0 Å². The van der Waals surface area contributed by atoms with Gasteiger partial charge < -0.3 is 15.4 Å². The second-order valence-corrected chi connectivity index (χ2v) is 6.75. The van der Waals surface area contributed by atoms with Crippen LogP contribution in [0.25, 0.3) is 0 Å². The molecule has 3 rings (SSSR count). The van der Waals surface area contributed by atoms with E-state index in [0.717, 1.165) is 38.8 Å². The first kappa shape index (κ1) is 15.1. The van der Waals surface area contributed by atoms with Gasteiger partial charge in [-0.3, -0.25) is 9.59 Å². The molecule has 2 N–H and O–H groups in total. The zero-order chi connectivity index (χ0) is 15.0. The molecule has 118 valence electrons. The zero-order valence-electron chi connectivity index (χ0n) is 12.9. The minimum absolute atomic E-state index is 0.0233. The van der Waals surface area contributed by atoms with E-state index >= 15 is 0 Å². The Bertz CT molecular complexity index is 414. The Labute approximate surface area is 126 Å². The highest BCUT2D eigenvalue weighted by Crippen LogP contribution is 2.36. The van der Waals surface area contributed by atoms with Crippen molar-refractivity contribution in [3.05, 3.63) is 0 Å². The van der Waals surface area contributed by atoms with Crippen LogP contribution in [0.5, 0.6) is 0 Å². The van der Waals surface area contributed by atoms with Crippen LogP contribution in [-0.2, 0) is 14.3 Å². The molecule has 21 heavy (non-hydrogen) atoms. The molecule has 6 atom stereocenters. The maximum absolute atomic E-state index is 12.7. The van der Waals surface area contributed by atoms with E-state index in [0.29, 0.717) is 0 Å². The Hall–Kier alpha value is -0.780. The molecule has 3 saturated heterocycles. The number of rotatable bonds is 4. The fourth-order valence-corrected chi connectivity index (χ4v) is 4.16. The molecule has 0 aromatic rings. The van der Waals surface area contributed by atoms with Crippen LogP contribution in [0.15, 0.2) is 0 Å². The quantitative estimate of drug-likeness (QED) is 0.797. The highest BCUT2D eigenvalue weighted by atomic mass is 16.5. The van der Waals surface area contributed by atoms with Gasteiger partial charge in [-0.25, -0.2) is 0 Å². The summed E-state index contributed by atoms with van der Waals surface area (Å²) in [7, 11) is 0. The van der Waals surface area contributed by atoms with Gasteiger partial charge >= 0.3 is 0 Å². The predicted molar refractivity (Wildman–Crippen MR) is 79.1 cm³/mol. The topological polar surface area (TPSA) is 67.4 Å². The van der Waals surface area contributed by atoms with Crippen LogP contribution < -0.4 is 10.6 Å². The molecule has 0 amide bonds. The molecule has 0 spiro atoms. The minimum Gasteiger partial charge on any atom is -0.366 e. The van der Waals surface area contributed by atoms with E-state index in [4.69, 9.17) is 4.74 Å². The van der Waals surface area contributed by atoms with Crippen molar-refractivity contribution >= 4 is 11.6 Å². The highest BCUT2D eigenvalue weighted by molar-refractivity contribution is 5.92. The SMILES string of the molecule is CC1OC(C(=O)[C@@H]2CCCN2)C(C)C1C(=O)[C@@H]1CCCN1. The third-order valence-corrected chi connectivity index (χ3v) is 5.33. The minimum atomic E-state index is -0.425. The number of carbonyl (C=O) groups is 2. The Balaban J connectivity index is 1.69. The van der Waals surface area contributed by atoms with Gasteiger partial charge in [0.2, 0.25) is 0 Å². The van der Waals surface area contributed by atoms with E-state index < -0.39 is 6.10 Å². The van der Waals surface area contributed by atoms with Gasteiger partial charge in [-0.05, 0) is 45.7 Å². The van der Waals surface area contributed by atoms with Crippen molar-refractivity contribution in [2.75, 3.05) is 13.1 Å². The average Bonchev–Trinajstić information content (AvgIpc) is 3.19. The first-order valence-corrected chi connectivity index (χ1v) is 8.29. The van der Waals surface area contributed by atoms with Crippen molar-refractivity contribution in [1.82, 2.24) is 10.6 Å². The first-order valence-electron chi connectivity index (χ1n) is 8.29. The number of nitrogens with one attached hydrogen (secondary N) is 2. The normalized spacial score (nSPS) is 43.3. The van der Waals surface area contributed by atoms with Crippen LogP contribution in [0, 0.1) is 11.8 Å². The number of hydrogen-bond donors (Lipinski definition) is 2. The van der Waals surface area contributed by atoms with Crippen LogP contribution in [-0.4, -0.2) is 48.9 Å². The summed E-state index contributed by atoms with van der Waals surface area (Å²) in [5.74, 6) is 0.199. The summed E-state index contributed by atoms with van der Waals surface area (Å²) >= 11 is 0. The third kappa shape index (κ3) is 2.79. The lowest BCUT2D eigenvalue weighted by atomic mass is 9.81. The molecule has 3 aliphatic heterocycles. The molecule has 0 aromatic carbocycles. The molecule has 5 nitrogen and oxygen atoms in total. The van der Waals surface area contributed by atoms with E-state index in [1.54, 1.807) is 0 Å². The predicted octanol–water partition coefficient (Wildman–Crippen LogP) is 0.668. The molecule has 0 bridgehead atoms. The Kier molecular flexibility index (Phi) is 4.43. The van der Waals surface area contributed by atoms with Crippen LogP contribution in [0.4, 0.5) is 0 Å². The maximum Gasteiger partial charge on any atom is 0.178 e. The monoisotopic (exact) mass is 294 g/mol. The number of ether oxygens (including phenoxy) is 1. The standard InChI is InChI=1S/C16H26N2O3/c1-9-13(14(19)11-5-3-7-17-11)10(2)21-16(9)15(20)12-6-4-8-18-12/h9-13,16-18H,3-8H2,1-2H3/t9?,10?,11-,12-,13?,16?/m0/s1. The fourth-order valence-electron chi connectivity index (χ4n) is 4.16. The van der Waals surface area contributed by atoms with Gasteiger partial charge in [-0.15, -0.1) is 0 Å². The van der Waals surface area contributed by atoms with Crippen LogP contribution in [0.3, 0.4) is 0 Å². The largest absolute Gasteiger partial charge is 0.366 e. The van der Waals surface area contributed by atoms with E-state index in [1.165, 1.54) is 0 Å². The van der Waals surface area contributed by atoms with Gasteiger partial charge in [0.15, 0.2) is 11.6 Å². The molecule has 3 heterocycles. The van der Waals surface area contributed by atoms with Gasteiger partial charge in [0.05, 0.1) is 24.1 Å². The average molecular weight is 294 g/mol. The molecule has 0 aliphatic carbocycles.